The molecule has 2 N–H and O–H groups in total. The Balaban J connectivity index is 1.06. The molecule has 0 atom stereocenters. The highest BCUT2D eigenvalue weighted by Gasteiger charge is 2.43. The minimum Gasteiger partial charge on any atom is -0.371 e. The summed E-state index contributed by atoms with van der Waals surface area (Å²) in [5, 5.41) is 14.4. The van der Waals surface area contributed by atoms with Crippen molar-refractivity contribution in [3.8, 4) is 17.3 Å². The summed E-state index contributed by atoms with van der Waals surface area (Å²) in [5.74, 6) is 0. The number of piperidine rings is 1. The molecule has 6 nitrogen and oxygen atoms in total. The third-order valence-electron chi connectivity index (χ3n) is 9.84. The highest BCUT2D eigenvalue weighted by molar-refractivity contribution is 5.88. The van der Waals surface area contributed by atoms with E-state index in [-0.39, 0.29) is 0 Å². The Morgan fingerprint density at radius 3 is 2.44 bits per heavy atom. The number of piperazine rings is 1. The fraction of sp³-hybridized carbons (Fsp3) is 0.545. The Labute approximate surface area is 234 Å². The molecule has 3 fully saturated rings. The van der Waals surface area contributed by atoms with Crippen LogP contribution in [-0.2, 0) is 0 Å². The Bertz CT molecular complexity index is 1330. The summed E-state index contributed by atoms with van der Waals surface area (Å²) in [4.78, 5) is 11.6. The second kappa shape index (κ2) is 11.0. The molecular formula is C33H44N6. The molecule has 0 bridgehead atoms. The van der Waals surface area contributed by atoms with Crippen LogP contribution in [0.5, 0.6) is 0 Å². The third-order valence-corrected chi connectivity index (χ3v) is 9.84. The molecule has 3 aliphatic rings. The van der Waals surface area contributed by atoms with Crippen LogP contribution in [0.3, 0.4) is 0 Å². The highest BCUT2D eigenvalue weighted by atomic mass is 15.3. The monoisotopic (exact) mass is 524 g/mol. The molecule has 2 aromatic carbocycles. The van der Waals surface area contributed by atoms with Crippen molar-refractivity contribution >= 4 is 16.6 Å². The van der Waals surface area contributed by atoms with E-state index in [4.69, 9.17) is 0 Å². The normalized spacial score (nSPS) is 20.8. The molecule has 39 heavy (non-hydrogen) atoms. The number of nitrogens with zero attached hydrogens (tertiary/aromatic N) is 4. The summed E-state index contributed by atoms with van der Waals surface area (Å²) >= 11 is 0. The summed E-state index contributed by atoms with van der Waals surface area (Å²) in [6.07, 6.45) is 6.50. The van der Waals surface area contributed by atoms with Gasteiger partial charge in [0.05, 0.1) is 11.6 Å². The van der Waals surface area contributed by atoms with Gasteiger partial charge in [-0.25, -0.2) is 0 Å². The molecule has 0 radical (unpaired) electrons. The molecule has 2 saturated heterocycles. The smallest absolute Gasteiger partial charge is 0.0991 e. The van der Waals surface area contributed by atoms with Gasteiger partial charge >= 0.3 is 0 Å². The van der Waals surface area contributed by atoms with Crippen LogP contribution in [0, 0.1) is 18.3 Å². The Morgan fingerprint density at radius 1 is 1.00 bits per heavy atom. The zero-order chi connectivity index (χ0) is 27.0. The lowest BCUT2D eigenvalue weighted by molar-refractivity contribution is -0.0252. The quantitative estimate of drug-likeness (QED) is 0.426. The van der Waals surface area contributed by atoms with E-state index in [1.54, 1.807) is 0 Å². The molecule has 1 saturated carbocycles. The lowest BCUT2D eigenvalue weighted by Crippen LogP contribution is -2.65. The van der Waals surface area contributed by atoms with Crippen molar-refractivity contribution in [1.29, 1.82) is 5.26 Å². The van der Waals surface area contributed by atoms with E-state index in [1.807, 2.05) is 18.2 Å². The second-order valence-electron chi connectivity index (χ2n) is 12.4. The number of fused-ring (bicyclic) bond motifs is 1. The van der Waals surface area contributed by atoms with Crippen molar-refractivity contribution in [2.45, 2.75) is 70.5 Å². The molecule has 2 aliphatic heterocycles. The van der Waals surface area contributed by atoms with E-state index in [0.29, 0.717) is 23.2 Å². The Morgan fingerprint density at radius 2 is 1.77 bits per heavy atom. The van der Waals surface area contributed by atoms with Gasteiger partial charge in [0.15, 0.2) is 0 Å². The third kappa shape index (κ3) is 5.33. The topological polar surface area (TPSA) is 61.3 Å². The number of anilines is 1. The molecule has 206 valence electrons. The number of aromatic amines is 1. The van der Waals surface area contributed by atoms with E-state index in [2.05, 4.69) is 76.1 Å². The molecule has 1 aliphatic carbocycles. The number of hydrogen-bond acceptors (Lipinski definition) is 5. The van der Waals surface area contributed by atoms with Gasteiger partial charge in [0.1, 0.15) is 0 Å². The molecule has 1 aromatic heterocycles. The van der Waals surface area contributed by atoms with E-state index in [1.165, 1.54) is 75.1 Å². The zero-order valence-electron chi connectivity index (χ0n) is 24.0. The van der Waals surface area contributed by atoms with Crippen molar-refractivity contribution in [1.82, 2.24) is 20.1 Å². The highest BCUT2D eigenvalue weighted by Crippen LogP contribution is 2.38. The van der Waals surface area contributed by atoms with Crippen LogP contribution in [0.25, 0.3) is 22.2 Å². The minimum absolute atomic E-state index is 0.402. The first kappa shape index (κ1) is 26.4. The van der Waals surface area contributed by atoms with Crippen molar-refractivity contribution in [3.63, 3.8) is 0 Å². The Kier molecular flexibility index (Phi) is 7.41. The van der Waals surface area contributed by atoms with Crippen LogP contribution in [-0.4, -0.2) is 78.2 Å². The number of rotatable bonds is 7. The van der Waals surface area contributed by atoms with Crippen LogP contribution < -0.4 is 10.2 Å². The van der Waals surface area contributed by atoms with Gasteiger partial charge in [-0.1, -0.05) is 6.07 Å². The summed E-state index contributed by atoms with van der Waals surface area (Å²) in [6, 6.07) is 18.4. The van der Waals surface area contributed by atoms with Crippen LogP contribution in [0.2, 0.25) is 0 Å². The average Bonchev–Trinajstić information content (AvgIpc) is 3.36. The van der Waals surface area contributed by atoms with Crippen LogP contribution in [0.15, 0.2) is 42.5 Å². The van der Waals surface area contributed by atoms with Gasteiger partial charge in [-0.2, -0.15) is 5.26 Å². The van der Waals surface area contributed by atoms with Crippen molar-refractivity contribution < 1.29 is 0 Å². The SMILES string of the molecule is Cc1ccc(N2CCC(NCC3(N4CCN(C(C)C)CC4)CCC3)CC2)cc1-c1cc2cc(C#N)ccc2[nH]1. The van der Waals surface area contributed by atoms with Crippen LogP contribution in [0.4, 0.5) is 5.69 Å². The number of hydrogen-bond donors (Lipinski definition) is 2. The molecule has 6 rings (SSSR count). The first-order chi connectivity index (χ1) is 18.9. The van der Waals surface area contributed by atoms with E-state index >= 15 is 0 Å². The first-order valence-corrected chi connectivity index (χ1v) is 15.1. The van der Waals surface area contributed by atoms with Gasteiger partial charge in [0.25, 0.3) is 0 Å². The fourth-order valence-electron chi connectivity index (χ4n) is 7.02. The second-order valence-corrected chi connectivity index (χ2v) is 12.4. The van der Waals surface area contributed by atoms with Gasteiger partial charge < -0.3 is 15.2 Å². The van der Waals surface area contributed by atoms with Gasteiger partial charge in [-0.05, 0) is 94.8 Å². The minimum atomic E-state index is 0.402. The average molecular weight is 525 g/mol. The van der Waals surface area contributed by atoms with E-state index in [0.717, 1.165) is 36.2 Å². The first-order valence-electron chi connectivity index (χ1n) is 15.1. The molecule has 3 aromatic rings. The lowest BCUT2D eigenvalue weighted by atomic mass is 9.74. The molecule has 0 amide bonds. The fourth-order valence-corrected chi connectivity index (χ4v) is 7.02. The number of nitrogens with one attached hydrogen (secondary N) is 2. The maximum atomic E-state index is 9.26. The summed E-state index contributed by atoms with van der Waals surface area (Å²) in [5.41, 5.74) is 7.12. The van der Waals surface area contributed by atoms with E-state index < -0.39 is 0 Å². The van der Waals surface area contributed by atoms with Gasteiger partial charge in [0, 0.05) is 91.3 Å². The van der Waals surface area contributed by atoms with Gasteiger partial charge in [-0.3, -0.25) is 9.80 Å². The lowest BCUT2D eigenvalue weighted by Gasteiger charge is -2.54. The summed E-state index contributed by atoms with van der Waals surface area (Å²) in [7, 11) is 0. The molecule has 3 heterocycles. The maximum absolute atomic E-state index is 9.26. The maximum Gasteiger partial charge on any atom is 0.0991 e. The number of nitriles is 1. The predicted octanol–water partition coefficient (Wildman–Crippen LogP) is 5.52. The van der Waals surface area contributed by atoms with Crippen LogP contribution in [0.1, 0.15) is 57.1 Å². The molecule has 6 heteroatoms. The van der Waals surface area contributed by atoms with Crippen molar-refractivity contribution in [2.24, 2.45) is 0 Å². The number of aryl methyl sites for hydroxylation is 1. The van der Waals surface area contributed by atoms with Gasteiger partial charge in [-0.15, -0.1) is 0 Å². The number of H-pyrrole nitrogens is 1. The molecule has 0 unspecified atom stereocenters. The number of benzene rings is 2. The number of aromatic nitrogens is 1. The zero-order valence-corrected chi connectivity index (χ0v) is 24.0. The Hall–Kier alpha value is -2.85. The predicted molar refractivity (Wildman–Crippen MR) is 161 cm³/mol. The van der Waals surface area contributed by atoms with Crippen molar-refractivity contribution in [3.05, 3.63) is 53.6 Å². The van der Waals surface area contributed by atoms with E-state index in [9.17, 15) is 5.26 Å². The van der Waals surface area contributed by atoms with Gasteiger partial charge in [0.2, 0.25) is 0 Å². The largest absolute Gasteiger partial charge is 0.371 e. The molecular weight excluding hydrogens is 480 g/mol. The van der Waals surface area contributed by atoms with Crippen molar-refractivity contribution in [2.75, 3.05) is 50.7 Å². The summed E-state index contributed by atoms with van der Waals surface area (Å²) < 4.78 is 0. The van der Waals surface area contributed by atoms with Crippen LogP contribution >= 0.6 is 0 Å². The molecule has 0 spiro atoms. The summed E-state index contributed by atoms with van der Waals surface area (Å²) in [6.45, 7) is 15.1. The standard InChI is InChI=1S/C33H44N6/c1-24(2)37-15-17-39(18-16-37)33(11-4-12-33)23-35-28-9-13-38(14-10-28)29-7-5-25(3)30(21-29)32-20-27-19-26(22-34)6-8-31(27)36-32/h5-8,19-21,24,28,35-36H,4,9-18,23H2,1-3H3.